The number of rotatable bonds is 6. The topological polar surface area (TPSA) is 82.7 Å². The zero-order chi connectivity index (χ0) is 19.8. The Labute approximate surface area is 163 Å². The number of ether oxygens (including phenoxy) is 1. The predicted molar refractivity (Wildman–Crippen MR) is 105 cm³/mol. The highest BCUT2D eigenvalue weighted by Gasteiger charge is 2.17. The van der Waals surface area contributed by atoms with Gasteiger partial charge in [0.2, 0.25) is 0 Å². The lowest BCUT2D eigenvalue weighted by Gasteiger charge is -2.12. The predicted octanol–water partition coefficient (Wildman–Crippen LogP) is 5.09. The van der Waals surface area contributed by atoms with Crippen LogP contribution in [0.5, 0.6) is 0 Å². The van der Waals surface area contributed by atoms with Crippen molar-refractivity contribution in [3.05, 3.63) is 76.0 Å². The molecule has 0 saturated heterocycles. The molecule has 0 aromatic heterocycles. The molecular weight excluding hydrogens is 364 g/mol. The maximum atomic E-state index is 11.8. The standard InChI is InChI=1S/C21H19ClN2O3/c1-3-27-21(26)19(14(2)25)13-24-16-9-10-17(20(22)11-16)18(12-23)15-7-5-4-6-8-15/h4-11,13,18,25H,3H2,1-2H3/b19-14+,24-13?. The monoisotopic (exact) mass is 382 g/mol. The van der Waals surface area contributed by atoms with Gasteiger partial charge in [-0.25, -0.2) is 4.79 Å². The molecule has 138 valence electrons. The van der Waals surface area contributed by atoms with Crippen LogP contribution in [0.3, 0.4) is 0 Å². The number of aliphatic hydroxyl groups excluding tert-OH is 1. The molecule has 0 spiro atoms. The van der Waals surface area contributed by atoms with Gasteiger partial charge in [-0.3, -0.25) is 4.99 Å². The van der Waals surface area contributed by atoms with Crippen LogP contribution in [0.4, 0.5) is 5.69 Å². The summed E-state index contributed by atoms with van der Waals surface area (Å²) in [6.45, 7) is 3.25. The highest BCUT2D eigenvalue weighted by Crippen LogP contribution is 2.32. The number of aliphatic imine (C=N–C) groups is 1. The first kappa shape index (κ1) is 20.2. The summed E-state index contributed by atoms with van der Waals surface area (Å²) < 4.78 is 4.88. The highest BCUT2D eigenvalue weighted by atomic mass is 35.5. The molecule has 0 aliphatic carbocycles. The molecule has 0 saturated carbocycles. The molecule has 2 aromatic rings. The number of aliphatic hydroxyl groups is 1. The minimum absolute atomic E-state index is 0.0313. The second-order valence-electron chi connectivity index (χ2n) is 5.66. The van der Waals surface area contributed by atoms with E-state index >= 15 is 0 Å². The van der Waals surface area contributed by atoms with Crippen LogP contribution in [-0.4, -0.2) is 23.9 Å². The first-order valence-electron chi connectivity index (χ1n) is 8.33. The van der Waals surface area contributed by atoms with Crippen molar-refractivity contribution in [3.8, 4) is 6.07 Å². The number of carbonyl (C=O) groups is 1. The Morgan fingerprint density at radius 1 is 1.33 bits per heavy atom. The smallest absolute Gasteiger partial charge is 0.343 e. The van der Waals surface area contributed by atoms with E-state index in [1.165, 1.54) is 13.1 Å². The molecule has 6 heteroatoms. The van der Waals surface area contributed by atoms with E-state index in [0.29, 0.717) is 16.3 Å². The van der Waals surface area contributed by atoms with Crippen molar-refractivity contribution in [1.82, 2.24) is 0 Å². The van der Waals surface area contributed by atoms with Crippen molar-refractivity contribution in [1.29, 1.82) is 5.26 Å². The molecular formula is C21H19ClN2O3. The quantitative estimate of drug-likeness (QED) is 0.326. The zero-order valence-corrected chi connectivity index (χ0v) is 15.8. The van der Waals surface area contributed by atoms with E-state index in [0.717, 1.165) is 5.56 Å². The van der Waals surface area contributed by atoms with E-state index in [1.807, 2.05) is 30.3 Å². The molecule has 0 fully saturated rings. The number of halogens is 1. The van der Waals surface area contributed by atoms with Gasteiger partial charge in [0.25, 0.3) is 0 Å². The van der Waals surface area contributed by atoms with Crippen molar-refractivity contribution in [2.45, 2.75) is 19.8 Å². The first-order valence-corrected chi connectivity index (χ1v) is 8.70. The van der Waals surface area contributed by atoms with E-state index in [4.69, 9.17) is 16.3 Å². The van der Waals surface area contributed by atoms with Crippen molar-refractivity contribution in [3.63, 3.8) is 0 Å². The van der Waals surface area contributed by atoms with E-state index in [1.54, 1.807) is 25.1 Å². The molecule has 1 unspecified atom stereocenters. The molecule has 0 amide bonds. The van der Waals surface area contributed by atoms with Gasteiger partial charge < -0.3 is 9.84 Å². The number of esters is 1. The van der Waals surface area contributed by atoms with Gasteiger partial charge in [-0.1, -0.05) is 48.0 Å². The fraction of sp³-hybridized carbons (Fsp3) is 0.190. The van der Waals surface area contributed by atoms with E-state index in [2.05, 4.69) is 11.1 Å². The van der Waals surface area contributed by atoms with Crippen LogP contribution >= 0.6 is 11.6 Å². The Balaban J connectivity index is 2.30. The Morgan fingerprint density at radius 3 is 2.59 bits per heavy atom. The molecule has 27 heavy (non-hydrogen) atoms. The number of nitriles is 1. The summed E-state index contributed by atoms with van der Waals surface area (Å²) in [4.78, 5) is 16.0. The number of benzene rings is 2. The Kier molecular flexibility index (Phi) is 7.16. The van der Waals surface area contributed by atoms with Gasteiger partial charge in [-0.05, 0) is 37.1 Å². The van der Waals surface area contributed by atoms with Gasteiger partial charge in [-0.15, -0.1) is 0 Å². The van der Waals surface area contributed by atoms with E-state index in [9.17, 15) is 15.2 Å². The Morgan fingerprint density at radius 2 is 2.04 bits per heavy atom. The lowest BCUT2D eigenvalue weighted by atomic mass is 9.92. The molecule has 2 rings (SSSR count). The number of nitrogens with zero attached hydrogens (tertiary/aromatic N) is 2. The lowest BCUT2D eigenvalue weighted by molar-refractivity contribution is -0.138. The van der Waals surface area contributed by atoms with Gasteiger partial charge >= 0.3 is 5.97 Å². The second kappa shape index (κ2) is 9.56. The van der Waals surface area contributed by atoms with Crippen molar-refractivity contribution in [2.24, 2.45) is 4.99 Å². The summed E-state index contributed by atoms with van der Waals surface area (Å²) in [7, 11) is 0. The van der Waals surface area contributed by atoms with Crippen LogP contribution in [0, 0.1) is 11.3 Å². The minimum Gasteiger partial charge on any atom is -0.512 e. The third-order valence-corrected chi connectivity index (χ3v) is 4.11. The third kappa shape index (κ3) is 5.19. The summed E-state index contributed by atoms with van der Waals surface area (Å²) in [6, 6.07) is 16.7. The number of carbonyl (C=O) groups excluding carboxylic acids is 1. The Hall–Kier alpha value is -3.10. The SMILES string of the molecule is CCOC(=O)/C(C=Nc1ccc(C(C#N)c2ccccc2)c(Cl)c1)=C(\C)O. The summed E-state index contributed by atoms with van der Waals surface area (Å²) in [6.07, 6.45) is 1.23. The number of hydrogen-bond acceptors (Lipinski definition) is 5. The largest absolute Gasteiger partial charge is 0.512 e. The molecule has 0 aliphatic heterocycles. The molecule has 0 radical (unpaired) electrons. The Bertz CT molecular complexity index is 911. The average Bonchev–Trinajstić information content (AvgIpc) is 2.65. The second-order valence-corrected chi connectivity index (χ2v) is 6.06. The summed E-state index contributed by atoms with van der Waals surface area (Å²) >= 11 is 6.36. The van der Waals surface area contributed by atoms with Crippen LogP contribution in [-0.2, 0) is 9.53 Å². The number of hydrogen-bond donors (Lipinski definition) is 1. The minimum atomic E-state index is -0.655. The maximum absolute atomic E-state index is 11.8. The number of allylic oxidation sites excluding steroid dienone is 1. The van der Waals surface area contributed by atoms with Crippen molar-refractivity contribution < 1.29 is 14.6 Å². The molecule has 0 heterocycles. The van der Waals surface area contributed by atoms with Gasteiger partial charge in [0, 0.05) is 11.2 Å². The molecule has 0 aliphatic rings. The third-order valence-electron chi connectivity index (χ3n) is 3.78. The normalized spacial score (nSPS) is 13.0. The summed E-state index contributed by atoms with van der Waals surface area (Å²) in [5.74, 6) is -1.34. The molecule has 5 nitrogen and oxygen atoms in total. The van der Waals surface area contributed by atoms with E-state index < -0.39 is 11.9 Å². The first-order chi connectivity index (χ1) is 13.0. The van der Waals surface area contributed by atoms with Gasteiger partial charge in [0.1, 0.15) is 11.3 Å². The van der Waals surface area contributed by atoms with Crippen LogP contribution in [0.25, 0.3) is 0 Å². The van der Waals surface area contributed by atoms with Crippen LogP contribution in [0.1, 0.15) is 30.9 Å². The van der Waals surface area contributed by atoms with Crippen LogP contribution < -0.4 is 0 Å². The highest BCUT2D eigenvalue weighted by molar-refractivity contribution is 6.31. The van der Waals surface area contributed by atoms with Crippen LogP contribution in [0.15, 0.2) is 64.9 Å². The molecule has 1 atom stereocenters. The average molecular weight is 383 g/mol. The summed E-state index contributed by atoms with van der Waals surface area (Å²) in [5.41, 5.74) is 1.97. The van der Waals surface area contributed by atoms with Crippen molar-refractivity contribution >= 4 is 29.5 Å². The van der Waals surface area contributed by atoms with Crippen LogP contribution in [0.2, 0.25) is 5.02 Å². The zero-order valence-electron chi connectivity index (χ0n) is 15.0. The van der Waals surface area contributed by atoms with Gasteiger partial charge in [0.15, 0.2) is 0 Å². The molecule has 2 aromatic carbocycles. The lowest BCUT2D eigenvalue weighted by Crippen LogP contribution is -2.10. The molecule has 1 N–H and O–H groups in total. The van der Waals surface area contributed by atoms with Gasteiger partial charge in [-0.2, -0.15) is 5.26 Å². The van der Waals surface area contributed by atoms with Gasteiger partial charge in [0.05, 0.1) is 24.3 Å². The van der Waals surface area contributed by atoms with E-state index in [-0.39, 0.29) is 17.9 Å². The fourth-order valence-electron chi connectivity index (χ4n) is 2.44. The maximum Gasteiger partial charge on any atom is 0.343 e. The fourth-order valence-corrected chi connectivity index (χ4v) is 2.73. The summed E-state index contributed by atoms with van der Waals surface area (Å²) in [5, 5.41) is 19.6. The van der Waals surface area contributed by atoms with Crippen molar-refractivity contribution in [2.75, 3.05) is 6.61 Å². The molecule has 0 bridgehead atoms.